The number of ether oxygens (including phenoxy) is 1. The van der Waals surface area contributed by atoms with Crippen LogP contribution in [-0.2, 0) is 9.59 Å². The number of benzene rings is 2. The Kier molecular flexibility index (Phi) is 5.90. The third-order valence-electron chi connectivity index (χ3n) is 5.76. The van der Waals surface area contributed by atoms with Gasteiger partial charge in [-0.25, -0.2) is 0 Å². The number of nitrogens with zero attached hydrogens (tertiary/aromatic N) is 5. The number of aryl methyl sites for hydroxylation is 1. The van der Waals surface area contributed by atoms with E-state index in [2.05, 4.69) is 20.6 Å². The van der Waals surface area contributed by atoms with Gasteiger partial charge in [0.15, 0.2) is 11.5 Å². The molecule has 2 amide bonds. The van der Waals surface area contributed by atoms with Crippen LogP contribution >= 0.6 is 0 Å². The van der Waals surface area contributed by atoms with Crippen molar-refractivity contribution in [3.8, 4) is 17.3 Å². The van der Waals surface area contributed by atoms with Crippen molar-refractivity contribution in [3.63, 3.8) is 0 Å². The molecule has 1 unspecified atom stereocenters. The van der Waals surface area contributed by atoms with Gasteiger partial charge in [0, 0.05) is 30.3 Å². The van der Waals surface area contributed by atoms with Gasteiger partial charge in [-0.2, -0.15) is 4.52 Å². The smallest absolute Gasteiger partial charge is 0.231 e. The van der Waals surface area contributed by atoms with E-state index >= 15 is 0 Å². The number of hydrogen-bond acceptors (Lipinski definition) is 6. The van der Waals surface area contributed by atoms with Crippen molar-refractivity contribution >= 4 is 23.1 Å². The molecule has 0 radical (unpaired) electrons. The summed E-state index contributed by atoms with van der Waals surface area (Å²) in [7, 11) is 0. The zero-order valence-electron chi connectivity index (χ0n) is 18.7. The van der Waals surface area contributed by atoms with Crippen molar-refractivity contribution in [1.82, 2.24) is 25.1 Å². The van der Waals surface area contributed by atoms with Crippen molar-refractivity contribution in [2.75, 3.05) is 24.6 Å². The molecular weight excluding hydrogens is 432 g/mol. The van der Waals surface area contributed by atoms with Gasteiger partial charge < -0.3 is 15.0 Å². The highest BCUT2D eigenvalue weighted by Crippen LogP contribution is 2.25. The van der Waals surface area contributed by atoms with Gasteiger partial charge in [0.1, 0.15) is 6.61 Å². The number of amides is 2. The van der Waals surface area contributed by atoms with Crippen LogP contribution in [0, 0.1) is 12.8 Å². The number of carbonyl (C=O) groups is 2. The van der Waals surface area contributed by atoms with Gasteiger partial charge >= 0.3 is 0 Å². The lowest BCUT2D eigenvalue weighted by Gasteiger charge is -2.17. The number of rotatable bonds is 7. The first-order valence-corrected chi connectivity index (χ1v) is 11.1. The molecule has 2 aromatic carbocycles. The summed E-state index contributed by atoms with van der Waals surface area (Å²) >= 11 is 0. The summed E-state index contributed by atoms with van der Waals surface area (Å²) in [4.78, 5) is 26.7. The van der Waals surface area contributed by atoms with Crippen molar-refractivity contribution in [1.29, 1.82) is 0 Å². The second-order valence-electron chi connectivity index (χ2n) is 8.21. The summed E-state index contributed by atoms with van der Waals surface area (Å²) in [6, 6.07) is 20.9. The molecule has 0 aliphatic carbocycles. The zero-order chi connectivity index (χ0) is 23.5. The highest BCUT2D eigenvalue weighted by molar-refractivity contribution is 6.00. The predicted octanol–water partition coefficient (Wildman–Crippen LogP) is 2.65. The van der Waals surface area contributed by atoms with E-state index in [1.165, 1.54) is 0 Å². The summed E-state index contributed by atoms with van der Waals surface area (Å²) in [6.07, 6.45) is 0.203. The number of fused-ring (bicyclic) bond motifs is 1. The molecule has 9 nitrogen and oxygen atoms in total. The first-order valence-electron chi connectivity index (χ1n) is 11.1. The normalized spacial score (nSPS) is 15.6. The van der Waals surface area contributed by atoms with E-state index in [1.807, 2.05) is 61.5 Å². The highest BCUT2D eigenvalue weighted by Gasteiger charge is 2.34. The minimum absolute atomic E-state index is 0.0408. The van der Waals surface area contributed by atoms with Gasteiger partial charge in [-0.1, -0.05) is 48.0 Å². The molecule has 0 saturated carbocycles. The Morgan fingerprint density at radius 1 is 1.06 bits per heavy atom. The minimum Gasteiger partial charge on any atom is -0.475 e. The van der Waals surface area contributed by atoms with E-state index < -0.39 is 0 Å². The van der Waals surface area contributed by atoms with Gasteiger partial charge in [-0.3, -0.25) is 9.59 Å². The van der Waals surface area contributed by atoms with Crippen LogP contribution < -0.4 is 15.0 Å². The lowest BCUT2D eigenvalue weighted by Crippen LogP contribution is -2.35. The molecule has 1 N–H and O–H groups in total. The van der Waals surface area contributed by atoms with Crippen LogP contribution in [0.15, 0.2) is 66.7 Å². The van der Waals surface area contributed by atoms with E-state index in [0.717, 1.165) is 16.8 Å². The van der Waals surface area contributed by atoms with Crippen molar-refractivity contribution in [2.45, 2.75) is 13.3 Å². The highest BCUT2D eigenvalue weighted by atomic mass is 16.5. The first kappa shape index (κ1) is 21.6. The maximum absolute atomic E-state index is 12.6. The number of nitrogens with one attached hydrogen (secondary N) is 1. The quantitative estimate of drug-likeness (QED) is 0.429. The number of aromatic nitrogens is 4. The summed E-state index contributed by atoms with van der Waals surface area (Å²) in [6.45, 7) is 2.93. The fourth-order valence-electron chi connectivity index (χ4n) is 3.95. The summed E-state index contributed by atoms with van der Waals surface area (Å²) < 4.78 is 7.36. The predicted molar refractivity (Wildman–Crippen MR) is 126 cm³/mol. The zero-order valence-corrected chi connectivity index (χ0v) is 18.7. The average molecular weight is 457 g/mol. The molecule has 0 spiro atoms. The number of hydrogen-bond donors (Lipinski definition) is 1. The van der Waals surface area contributed by atoms with Crippen LogP contribution in [0.2, 0.25) is 0 Å². The summed E-state index contributed by atoms with van der Waals surface area (Å²) in [5.41, 5.74) is 3.46. The topological polar surface area (TPSA) is 102 Å². The third kappa shape index (κ3) is 4.45. The van der Waals surface area contributed by atoms with Crippen molar-refractivity contribution in [2.24, 2.45) is 5.92 Å². The molecule has 34 heavy (non-hydrogen) atoms. The molecule has 1 aliphatic heterocycles. The first-order chi connectivity index (χ1) is 16.6. The molecule has 1 saturated heterocycles. The maximum atomic E-state index is 12.6. The van der Waals surface area contributed by atoms with Gasteiger partial charge in [0.05, 0.1) is 12.5 Å². The van der Waals surface area contributed by atoms with Crippen LogP contribution in [0.5, 0.6) is 5.88 Å². The van der Waals surface area contributed by atoms with Crippen LogP contribution in [0.25, 0.3) is 17.0 Å². The lowest BCUT2D eigenvalue weighted by molar-refractivity contribution is -0.126. The Balaban J connectivity index is 1.15. The second kappa shape index (κ2) is 9.30. The molecule has 2 aromatic heterocycles. The number of anilines is 1. The average Bonchev–Trinajstić information content (AvgIpc) is 3.46. The van der Waals surface area contributed by atoms with E-state index in [0.29, 0.717) is 30.4 Å². The summed E-state index contributed by atoms with van der Waals surface area (Å²) in [5.74, 6) is 0.452. The Morgan fingerprint density at radius 2 is 1.85 bits per heavy atom. The Morgan fingerprint density at radius 3 is 2.65 bits per heavy atom. The van der Waals surface area contributed by atoms with Gasteiger partial charge in [-0.15, -0.1) is 15.3 Å². The molecule has 1 fully saturated rings. The van der Waals surface area contributed by atoms with E-state index in [-0.39, 0.29) is 30.8 Å². The summed E-state index contributed by atoms with van der Waals surface area (Å²) in [5, 5.41) is 15.7. The monoisotopic (exact) mass is 456 g/mol. The molecule has 1 aliphatic rings. The van der Waals surface area contributed by atoms with Crippen LogP contribution in [0.3, 0.4) is 0 Å². The Hall–Kier alpha value is -4.27. The Bertz CT molecular complexity index is 1320. The third-order valence-corrected chi connectivity index (χ3v) is 5.76. The fraction of sp³-hybridized carbons (Fsp3) is 0.240. The molecule has 5 rings (SSSR count). The molecule has 1 atom stereocenters. The van der Waals surface area contributed by atoms with Crippen molar-refractivity contribution < 1.29 is 14.3 Å². The van der Waals surface area contributed by atoms with E-state index in [9.17, 15) is 9.59 Å². The largest absolute Gasteiger partial charge is 0.475 e. The number of carbonyl (C=O) groups excluding carboxylic acids is 2. The van der Waals surface area contributed by atoms with Crippen LogP contribution in [0.4, 0.5) is 5.69 Å². The van der Waals surface area contributed by atoms with Gasteiger partial charge in [0.25, 0.3) is 0 Å². The minimum atomic E-state index is -0.381. The molecule has 9 heteroatoms. The maximum Gasteiger partial charge on any atom is 0.231 e. The van der Waals surface area contributed by atoms with Crippen molar-refractivity contribution in [3.05, 3.63) is 72.3 Å². The molecular formula is C25H24N6O3. The molecule has 3 heterocycles. The lowest BCUT2D eigenvalue weighted by atomic mass is 10.1. The molecule has 4 aromatic rings. The second-order valence-corrected chi connectivity index (χ2v) is 8.21. The van der Waals surface area contributed by atoms with Crippen LogP contribution in [-0.4, -0.2) is 51.3 Å². The van der Waals surface area contributed by atoms with E-state index in [4.69, 9.17) is 4.74 Å². The Labute approximate surface area is 196 Å². The SMILES string of the molecule is Cc1ccc(N2CC(C(=O)NCCOc3ccc4nnc(-c5ccccc5)n4n3)CC2=O)cc1. The molecule has 172 valence electrons. The standard InChI is InChI=1S/C25H24N6O3/c1-17-7-9-20(10-8-17)30-16-19(15-23(30)32)25(33)26-13-14-34-22-12-11-21-27-28-24(31(21)29-22)18-5-3-2-4-6-18/h2-12,19H,13-16H2,1H3,(H,26,33). The molecule has 0 bridgehead atoms. The van der Waals surface area contributed by atoms with E-state index in [1.54, 1.807) is 21.5 Å². The fourth-order valence-corrected chi connectivity index (χ4v) is 3.95. The van der Waals surface area contributed by atoms with Gasteiger partial charge in [-0.05, 0) is 25.1 Å². The van der Waals surface area contributed by atoms with Crippen LogP contribution in [0.1, 0.15) is 12.0 Å². The van der Waals surface area contributed by atoms with Gasteiger partial charge in [0.2, 0.25) is 17.7 Å².